The summed E-state index contributed by atoms with van der Waals surface area (Å²) < 4.78 is 39.0. The molecule has 0 saturated heterocycles. The van der Waals surface area contributed by atoms with Gasteiger partial charge in [-0.3, -0.25) is 0 Å². The molecule has 0 aromatic heterocycles. The number of anilines is 1. The number of halogens is 3. The SMILES string of the molecule is CC1Cc2ccccc2N1CC(/C(N)=N/O)C(F)(F)F. The number of nitrogens with zero attached hydrogens (tertiary/aromatic N) is 2. The molecule has 0 amide bonds. The predicted octanol–water partition coefficient (Wildman–Crippen LogP) is 2.36. The monoisotopic (exact) mass is 287 g/mol. The van der Waals surface area contributed by atoms with Crippen molar-refractivity contribution < 1.29 is 18.4 Å². The Kier molecular flexibility index (Phi) is 3.78. The van der Waals surface area contributed by atoms with Gasteiger partial charge in [-0.25, -0.2) is 0 Å². The summed E-state index contributed by atoms with van der Waals surface area (Å²) in [5.41, 5.74) is 6.99. The van der Waals surface area contributed by atoms with E-state index in [2.05, 4.69) is 5.16 Å². The molecule has 110 valence electrons. The van der Waals surface area contributed by atoms with Gasteiger partial charge in [0.25, 0.3) is 0 Å². The Labute approximate surface area is 114 Å². The second-order valence-electron chi connectivity index (χ2n) is 4.95. The Morgan fingerprint density at radius 3 is 2.75 bits per heavy atom. The number of fused-ring (bicyclic) bond motifs is 1. The van der Waals surface area contributed by atoms with Crippen molar-refractivity contribution in [3.8, 4) is 0 Å². The van der Waals surface area contributed by atoms with E-state index in [1.165, 1.54) is 0 Å². The zero-order valence-electron chi connectivity index (χ0n) is 10.9. The maximum absolute atomic E-state index is 13.0. The Balaban J connectivity index is 2.28. The highest BCUT2D eigenvalue weighted by atomic mass is 19.4. The molecule has 0 spiro atoms. The summed E-state index contributed by atoms with van der Waals surface area (Å²) in [5, 5.41) is 11.1. The van der Waals surface area contributed by atoms with E-state index < -0.39 is 17.9 Å². The van der Waals surface area contributed by atoms with Crippen molar-refractivity contribution >= 4 is 11.5 Å². The van der Waals surface area contributed by atoms with Crippen LogP contribution in [-0.2, 0) is 6.42 Å². The van der Waals surface area contributed by atoms with Crippen molar-refractivity contribution in [2.24, 2.45) is 16.8 Å². The number of nitrogens with two attached hydrogens (primary N) is 1. The lowest BCUT2D eigenvalue weighted by atomic mass is 10.1. The van der Waals surface area contributed by atoms with E-state index in [1.807, 2.05) is 19.1 Å². The van der Waals surface area contributed by atoms with Crippen molar-refractivity contribution in [1.82, 2.24) is 0 Å². The van der Waals surface area contributed by atoms with E-state index in [-0.39, 0.29) is 12.6 Å². The molecule has 1 aliphatic heterocycles. The van der Waals surface area contributed by atoms with Crippen molar-refractivity contribution in [2.75, 3.05) is 11.4 Å². The fourth-order valence-corrected chi connectivity index (χ4v) is 2.54. The van der Waals surface area contributed by atoms with Crippen molar-refractivity contribution in [3.63, 3.8) is 0 Å². The van der Waals surface area contributed by atoms with Crippen LogP contribution in [0.3, 0.4) is 0 Å². The maximum atomic E-state index is 13.0. The molecule has 2 atom stereocenters. The van der Waals surface area contributed by atoms with Crippen LogP contribution in [-0.4, -0.2) is 29.8 Å². The van der Waals surface area contributed by atoms with Crippen LogP contribution in [0, 0.1) is 5.92 Å². The zero-order chi connectivity index (χ0) is 14.9. The second-order valence-corrected chi connectivity index (χ2v) is 4.95. The largest absolute Gasteiger partial charge is 0.409 e. The van der Waals surface area contributed by atoms with Gasteiger partial charge in [0.15, 0.2) is 5.84 Å². The number of para-hydroxylation sites is 1. The maximum Gasteiger partial charge on any atom is 0.400 e. The van der Waals surface area contributed by atoms with Crippen LogP contribution < -0.4 is 10.6 Å². The first-order chi connectivity index (χ1) is 9.34. The summed E-state index contributed by atoms with van der Waals surface area (Å²) in [7, 11) is 0. The van der Waals surface area contributed by atoms with Gasteiger partial charge < -0.3 is 15.8 Å². The third-order valence-corrected chi connectivity index (χ3v) is 3.60. The van der Waals surface area contributed by atoms with Gasteiger partial charge in [0.2, 0.25) is 0 Å². The van der Waals surface area contributed by atoms with Crippen LogP contribution in [0.25, 0.3) is 0 Å². The molecule has 1 heterocycles. The van der Waals surface area contributed by atoms with Gasteiger partial charge in [0.1, 0.15) is 5.92 Å². The highest BCUT2D eigenvalue weighted by molar-refractivity contribution is 5.83. The highest BCUT2D eigenvalue weighted by Crippen LogP contribution is 2.35. The topological polar surface area (TPSA) is 61.8 Å². The summed E-state index contributed by atoms with van der Waals surface area (Å²) in [6.07, 6.45) is -3.86. The number of alkyl halides is 3. The van der Waals surface area contributed by atoms with Gasteiger partial charge in [-0.15, -0.1) is 0 Å². The molecule has 1 aliphatic rings. The van der Waals surface area contributed by atoms with Gasteiger partial charge in [-0.1, -0.05) is 23.4 Å². The predicted molar refractivity (Wildman–Crippen MR) is 69.9 cm³/mol. The minimum Gasteiger partial charge on any atom is -0.409 e. The van der Waals surface area contributed by atoms with E-state index in [0.29, 0.717) is 6.42 Å². The van der Waals surface area contributed by atoms with Crippen LogP contribution in [0.5, 0.6) is 0 Å². The van der Waals surface area contributed by atoms with Crippen LogP contribution >= 0.6 is 0 Å². The summed E-state index contributed by atoms with van der Waals surface area (Å²) in [6, 6.07) is 7.29. The molecule has 4 nitrogen and oxygen atoms in total. The number of benzene rings is 1. The molecule has 0 fully saturated rings. The second kappa shape index (κ2) is 5.22. The number of amidine groups is 1. The van der Waals surface area contributed by atoms with Crippen molar-refractivity contribution in [3.05, 3.63) is 29.8 Å². The van der Waals surface area contributed by atoms with E-state index in [4.69, 9.17) is 10.9 Å². The Morgan fingerprint density at radius 1 is 1.50 bits per heavy atom. The number of rotatable bonds is 3. The van der Waals surface area contributed by atoms with E-state index >= 15 is 0 Å². The summed E-state index contributed by atoms with van der Waals surface area (Å²) in [6.45, 7) is 1.51. The smallest absolute Gasteiger partial charge is 0.400 e. The average Bonchev–Trinajstić information content (AvgIpc) is 2.69. The summed E-state index contributed by atoms with van der Waals surface area (Å²) >= 11 is 0. The van der Waals surface area contributed by atoms with Crippen LogP contribution in [0.2, 0.25) is 0 Å². The quantitative estimate of drug-likeness (QED) is 0.388. The lowest BCUT2D eigenvalue weighted by molar-refractivity contribution is -0.153. The Bertz CT molecular complexity index is 516. The minimum atomic E-state index is -4.55. The number of hydrogen-bond donors (Lipinski definition) is 2. The Morgan fingerprint density at radius 2 is 2.15 bits per heavy atom. The van der Waals surface area contributed by atoms with Crippen LogP contribution in [0.15, 0.2) is 29.4 Å². The van der Waals surface area contributed by atoms with Gasteiger partial charge in [-0.05, 0) is 25.0 Å². The lowest BCUT2D eigenvalue weighted by Gasteiger charge is -2.30. The molecule has 1 aromatic rings. The lowest BCUT2D eigenvalue weighted by Crippen LogP contribution is -2.46. The summed E-state index contributed by atoms with van der Waals surface area (Å²) in [5.74, 6) is -2.80. The molecule has 0 radical (unpaired) electrons. The molecule has 7 heteroatoms. The van der Waals surface area contributed by atoms with Crippen molar-refractivity contribution in [2.45, 2.75) is 25.6 Å². The first-order valence-electron chi connectivity index (χ1n) is 6.23. The molecule has 3 N–H and O–H groups in total. The molecule has 1 aromatic carbocycles. The zero-order valence-corrected chi connectivity index (χ0v) is 10.9. The first kappa shape index (κ1) is 14.5. The standard InChI is InChI=1S/C13H16F3N3O/c1-8-6-9-4-2-3-5-11(9)19(8)7-10(12(17)18-20)13(14,15)16/h2-5,8,10,20H,6-7H2,1H3,(H2,17,18). The molecular weight excluding hydrogens is 271 g/mol. The fourth-order valence-electron chi connectivity index (χ4n) is 2.54. The van der Waals surface area contributed by atoms with E-state index in [9.17, 15) is 13.2 Å². The van der Waals surface area contributed by atoms with E-state index in [1.54, 1.807) is 17.0 Å². The summed E-state index contributed by atoms with van der Waals surface area (Å²) in [4.78, 5) is 1.66. The highest BCUT2D eigenvalue weighted by Gasteiger charge is 2.45. The molecule has 0 aliphatic carbocycles. The number of hydrogen-bond acceptors (Lipinski definition) is 3. The molecule has 2 unspecified atom stereocenters. The van der Waals surface area contributed by atoms with E-state index in [0.717, 1.165) is 11.3 Å². The molecule has 20 heavy (non-hydrogen) atoms. The van der Waals surface area contributed by atoms with Gasteiger partial charge in [0, 0.05) is 18.3 Å². The molecule has 0 bridgehead atoms. The Hall–Kier alpha value is -1.92. The normalized spacial score (nSPS) is 20.9. The molecule has 2 rings (SSSR count). The van der Waals surface area contributed by atoms with Crippen molar-refractivity contribution in [1.29, 1.82) is 0 Å². The first-order valence-corrected chi connectivity index (χ1v) is 6.23. The van der Waals surface area contributed by atoms with Crippen LogP contribution in [0.4, 0.5) is 18.9 Å². The molecular formula is C13H16F3N3O. The average molecular weight is 287 g/mol. The third-order valence-electron chi connectivity index (χ3n) is 3.60. The van der Waals surface area contributed by atoms with Gasteiger partial charge in [-0.2, -0.15) is 13.2 Å². The fraction of sp³-hybridized carbons (Fsp3) is 0.462. The molecule has 0 saturated carbocycles. The third kappa shape index (κ3) is 2.66. The minimum absolute atomic E-state index is 0.0521. The van der Waals surface area contributed by atoms with Gasteiger partial charge >= 0.3 is 6.18 Å². The number of oxime groups is 1. The van der Waals surface area contributed by atoms with Crippen LogP contribution in [0.1, 0.15) is 12.5 Å². The van der Waals surface area contributed by atoms with Gasteiger partial charge in [0.05, 0.1) is 0 Å².